The second-order valence-corrected chi connectivity index (χ2v) is 14.6. The Morgan fingerprint density at radius 3 is 1.13 bits per heavy atom. The average Bonchev–Trinajstić information content (AvgIpc) is 3.39. The molecule has 2 nitrogen and oxygen atoms in total. The second kappa shape index (κ2) is 12.1. The van der Waals surface area contributed by atoms with E-state index < -0.39 is 8.07 Å². The number of benzene rings is 6. The van der Waals surface area contributed by atoms with Gasteiger partial charge < -0.3 is 9.47 Å². The van der Waals surface area contributed by atoms with Gasteiger partial charge in [-0.15, -0.1) is 0 Å². The molecule has 6 aromatic rings. The normalized spacial score (nSPS) is 12.0. The highest BCUT2D eigenvalue weighted by atomic mass is 28.3. The van der Waals surface area contributed by atoms with Gasteiger partial charge in [-0.25, -0.2) is 0 Å². The molecule has 3 heteroatoms. The molecule has 0 saturated carbocycles. The Balaban J connectivity index is 1.55. The number of fused-ring (bicyclic) bond motifs is 3. The Morgan fingerprint density at radius 2 is 0.778 bits per heavy atom. The molecule has 0 amide bonds. The van der Waals surface area contributed by atoms with Crippen molar-refractivity contribution >= 4 is 28.8 Å². The maximum absolute atomic E-state index is 5.98. The summed E-state index contributed by atoms with van der Waals surface area (Å²) in [6, 6.07) is 50.9. The summed E-state index contributed by atoms with van der Waals surface area (Å²) in [7, 11) is 0.608. The molecule has 0 bridgehead atoms. The minimum absolute atomic E-state index is 0.751. The summed E-state index contributed by atoms with van der Waals surface area (Å²) in [5.41, 5.74) is 5.95. The molecule has 0 radical (unpaired) electrons. The predicted molar refractivity (Wildman–Crippen MR) is 187 cm³/mol. The van der Waals surface area contributed by atoms with Gasteiger partial charge in [0.15, 0.2) is 8.07 Å². The molecule has 45 heavy (non-hydrogen) atoms. The lowest BCUT2D eigenvalue weighted by atomic mass is 10.0. The lowest BCUT2D eigenvalue weighted by Crippen LogP contribution is -2.72. The molecule has 0 spiro atoms. The Morgan fingerprint density at radius 1 is 0.422 bits per heavy atom. The maximum atomic E-state index is 5.98. The van der Waals surface area contributed by atoms with Crippen LogP contribution in [0.15, 0.2) is 146 Å². The van der Waals surface area contributed by atoms with Gasteiger partial charge in [0.1, 0.15) is 11.5 Å². The van der Waals surface area contributed by atoms with E-state index in [1.165, 1.54) is 20.7 Å². The summed E-state index contributed by atoms with van der Waals surface area (Å²) in [6.45, 7) is 0. The van der Waals surface area contributed by atoms with Gasteiger partial charge in [-0.3, -0.25) is 0 Å². The molecule has 0 aliphatic carbocycles. The van der Waals surface area contributed by atoms with E-state index in [2.05, 4.69) is 109 Å². The minimum atomic E-state index is -2.82. The van der Waals surface area contributed by atoms with Crippen LogP contribution in [-0.4, -0.2) is 22.3 Å². The first-order valence-electron chi connectivity index (χ1n) is 14.9. The van der Waals surface area contributed by atoms with Crippen LogP contribution < -0.4 is 30.2 Å². The monoisotopic (exact) mass is 594 g/mol. The van der Waals surface area contributed by atoms with Crippen molar-refractivity contribution in [2.45, 2.75) is 0 Å². The van der Waals surface area contributed by atoms with Crippen LogP contribution in [0.4, 0.5) is 0 Å². The molecular weight excluding hydrogens is 565 g/mol. The fourth-order valence-corrected chi connectivity index (χ4v) is 11.6. The van der Waals surface area contributed by atoms with Crippen LogP contribution in [0.25, 0.3) is 11.1 Å². The maximum Gasteiger partial charge on any atom is 0.180 e. The van der Waals surface area contributed by atoms with Crippen LogP contribution in [0.2, 0.25) is 0 Å². The number of hydrogen-bond acceptors (Lipinski definition) is 2. The van der Waals surface area contributed by atoms with Gasteiger partial charge in [0, 0.05) is 11.1 Å². The van der Waals surface area contributed by atoms with E-state index in [4.69, 9.17) is 9.47 Å². The fourth-order valence-electron chi connectivity index (χ4n) is 6.39. The van der Waals surface area contributed by atoms with Crippen LogP contribution in [0, 0.1) is 23.7 Å². The molecule has 1 aliphatic heterocycles. The summed E-state index contributed by atoms with van der Waals surface area (Å²) >= 11 is 0. The number of hydrogen-bond donors (Lipinski definition) is 0. The van der Waals surface area contributed by atoms with Gasteiger partial charge in [0.05, 0.1) is 25.3 Å². The zero-order chi connectivity index (χ0) is 30.6. The Kier molecular flexibility index (Phi) is 7.54. The lowest BCUT2D eigenvalue weighted by molar-refractivity contribution is 0.413. The van der Waals surface area contributed by atoms with Crippen molar-refractivity contribution in [3.8, 4) is 46.3 Å². The Labute approximate surface area is 266 Å². The molecule has 1 aliphatic rings. The molecule has 0 aromatic heterocycles. The third-order valence-corrected chi connectivity index (χ3v) is 13.3. The largest absolute Gasteiger partial charge is 0.495 e. The molecule has 1 heterocycles. The number of rotatable bonds is 4. The van der Waals surface area contributed by atoms with Crippen molar-refractivity contribution in [2.24, 2.45) is 0 Å². The van der Waals surface area contributed by atoms with E-state index in [0.717, 1.165) is 44.9 Å². The van der Waals surface area contributed by atoms with Crippen LogP contribution in [0.5, 0.6) is 11.5 Å². The third-order valence-electron chi connectivity index (χ3n) is 8.42. The van der Waals surface area contributed by atoms with Gasteiger partial charge in [0.25, 0.3) is 0 Å². The molecule has 0 fully saturated rings. The van der Waals surface area contributed by atoms with Crippen LogP contribution in [-0.2, 0) is 0 Å². The van der Waals surface area contributed by atoms with Gasteiger partial charge in [0.2, 0.25) is 0 Å². The molecule has 0 atom stereocenters. The quantitative estimate of drug-likeness (QED) is 0.188. The molecular formula is C42H30O2Si. The molecule has 0 N–H and O–H groups in total. The van der Waals surface area contributed by atoms with Crippen LogP contribution in [0.3, 0.4) is 0 Å². The van der Waals surface area contributed by atoms with E-state index in [1.54, 1.807) is 14.2 Å². The first-order chi connectivity index (χ1) is 22.2. The molecule has 6 aromatic carbocycles. The highest BCUT2D eigenvalue weighted by molar-refractivity contribution is 7.22. The smallest absolute Gasteiger partial charge is 0.180 e. The first kappa shape index (κ1) is 28.1. The van der Waals surface area contributed by atoms with Crippen molar-refractivity contribution in [1.29, 1.82) is 0 Å². The molecule has 0 saturated heterocycles. The summed E-state index contributed by atoms with van der Waals surface area (Å²) in [5, 5.41) is 5.16. The molecule has 0 unspecified atom stereocenters. The zero-order valence-corrected chi connectivity index (χ0v) is 26.2. The van der Waals surface area contributed by atoms with Crippen molar-refractivity contribution < 1.29 is 9.47 Å². The van der Waals surface area contributed by atoms with Crippen LogP contribution in [0.1, 0.15) is 22.3 Å². The predicted octanol–water partition coefficient (Wildman–Crippen LogP) is 5.86. The number of ether oxygens (including phenoxy) is 2. The zero-order valence-electron chi connectivity index (χ0n) is 25.2. The van der Waals surface area contributed by atoms with Crippen molar-refractivity contribution in [1.82, 2.24) is 0 Å². The van der Waals surface area contributed by atoms with Gasteiger partial charge >= 0.3 is 0 Å². The number of methoxy groups -OCH3 is 2. The SMILES string of the molecule is COc1cc2c(cc1C#Cc1ccccc1)[Si](c1ccccc1)(c1ccccc1)c1cc(C#Cc3ccccc3)c(OC)cc1-2. The summed E-state index contributed by atoms with van der Waals surface area (Å²) in [5.74, 6) is 15.1. The van der Waals surface area contributed by atoms with E-state index in [-0.39, 0.29) is 0 Å². The second-order valence-electron chi connectivity index (χ2n) is 10.9. The van der Waals surface area contributed by atoms with Gasteiger partial charge in [-0.1, -0.05) is 121 Å². The highest BCUT2D eigenvalue weighted by Crippen LogP contribution is 2.36. The van der Waals surface area contributed by atoms with E-state index in [1.807, 2.05) is 60.7 Å². The summed E-state index contributed by atoms with van der Waals surface area (Å²) in [4.78, 5) is 0. The minimum Gasteiger partial charge on any atom is -0.495 e. The lowest BCUT2D eigenvalue weighted by Gasteiger charge is -2.31. The van der Waals surface area contributed by atoms with E-state index >= 15 is 0 Å². The topological polar surface area (TPSA) is 18.5 Å². The fraction of sp³-hybridized carbons (Fsp3) is 0.0476. The van der Waals surface area contributed by atoms with Gasteiger partial charge in [-0.05, 0) is 80.4 Å². The first-order valence-corrected chi connectivity index (χ1v) is 16.9. The van der Waals surface area contributed by atoms with E-state index in [9.17, 15) is 0 Å². The summed E-state index contributed by atoms with van der Waals surface area (Å²) in [6.07, 6.45) is 0. The summed E-state index contributed by atoms with van der Waals surface area (Å²) < 4.78 is 12.0. The standard InChI is InChI=1S/C42H30O2Si/c1-43-39-29-37-38-30-40(44-2)34(26-24-32-17-9-4-10-18-32)28-42(38)45(35-19-11-5-12-20-35,36-21-13-6-14-22-36)41(37)27-33(39)25-23-31-15-7-3-8-16-31/h3-22,27-30H,1-2H3. The Hall–Kier alpha value is -5.74. The van der Waals surface area contributed by atoms with Crippen molar-refractivity contribution in [3.05, 3.63) is 168 Å². The Bertz CT molecular complexity index is 1960. The van der Waals surface area contributed by atoms with Crippen molar-refractivity contribution in [3.63, 3.8) is 0 Å². The van der Waals surface area contributed by atoms with Gasteiger partial charge in [-0.2, -0.15) is 0 Å². The average molecular weight is 595 g/mol. The molecule has 214 valence electrons. The van der Waals surface area contributed by atoms with Crippen LogP contribution >= 0.6 is 0 Å². The third kappa shape index (κ3) is 5.00. The van der Waals surface area contributed by atoms with Crippen molar-refractivity contribution in [2.75, 3.05) is 14.2 Å². The molecule has 7 rings (SSSR count). The van der Waals surface area contributed by atoms with E-state index in [0.29, 0.717) is 0 Å². The highest BCUT2D eigenvalue weighted by Gasteiger charge is 2.49.